The minimum absolute atomic E-state index is 0.195. The van der Waals surface area contributed by atoms with Crippen molar-refractivity contribution in [1.82, 2.24) is 19.7 Å². The third-order valence-corrected chi connectivity index (χ3v) is 2.77. The van der Waals surface area contributed by atoms with Gasteiger partial charge in [-0.25, -0.2) is 14.6 Å². The van der Waals surface area contributed by atoms with Gasteiger partial charge in [0.2, 0.25) is 0 Å². The summed E-state index contributed by atoms with van der Waals surface area (Å²) in [5, 5.41) is 4.04. The molecule has 0 spiro atoms. The van der Waals surface area contributed by atoms with Crippen LogP contribution >= 0.6 is 0 Å². The minimum atomic E-state index is -0.571. The summed E-state index contributed by atoms with van der Waals surface area (Å²) >= 11 is 0. The zero-order valence-electron chi connectivity index (χ0n) is 9.58. The summed E-state index contributed by atoms with van der Waals surface area (Å²) in [6, 6.07) is 3.15. The molecule has 0 bridgehead atoms. The van der Waals surface area contributed by atoms with Gasteiger partial charge in [-0.1, -0.05) is 0 Å². The number of amides is 1. The smallest absolute Gasteiger partial charge is 0.269 e. The summed E-state index contributed by atoms with van der Waals surface area (Å²) in [7, 11) is 0. The molecule has 7 nitrogen and oxygen atoms in total. The third-order valence-electron chi connectivity index (χ3n) is 2.77. The Morgan fingerprint density at radius 1 is 1.39 bits per heavy atom. The van der Waals surface area contributed by atoms with Crippen molar-refractivity contribution < 1.29 is 4.79 Å². The fourth-order valence-corrected chi connectivity index (χ4v) is 1.70. The quantitative estimate of drug-likeness (QED) is 0.801. The zero-order valence-corrected chi connectivity index (χ0v) is 9.58. The summed E-state index contributed by atoms with van der Waals surface area (Å²) in [4.78, 5) is 19.6. The number of carbonyl (C=O) groups is 1. The van der Waals surface area contributed by atoms with E-state index in [-0.39, 0.29) is 5.69 Å². The van der Waals surface area contributed by atoms with Crippen molar-refractivity contribution in [2.24, 2.45) is 5.73 Å². The van der Waals surface area contributed by atoms with Gasteiger partial charge in [0.15, 0.2) is 5.82 Å². The van der Waals surface area contributed by atoms with Crippen molar-refractivity contribution in [3.63, 3.8) is 0 Å². The third kappa shape index (κ3) is 1.90. The number of rotatable bonds is 3. The maximum Gasteiger partial charge on any atom is 0.269 e. The lowest BCUT2D eigenvalue weighted by molar-refractivity contribution is 0.0995. The van der Waals surface area contributed by atoms with E-state index in [1.165, 1.54) is 10.7 Å². The fraction of sp³-hybridized carbons (Fsp3) is 0.273. The second-order valence-corrected chi connectivity index (χ2v) is 4.29. The molecule has 2 heterocycles. The molecule has 92 valence electrons. The van der Waals surface area contributed by atoms with E-state index in [0.29, 0.717) is 17.6 Å². The van der Waals surface area contributed by atoms with Crippen molar-refractivity contribution in [3.05, 3.63) is 29.8 Å². The van der Waals surface area contributed by atoms with Crippen LogP contribution in [0.15, 0.2) is 18.3 Å². The first-order valence-electron chi connectivity index (χ1n) is 5.64. The molecule has 3 rings (SSSR count). The maximum atomic E-state index is 11.0. The first-order chi connectivity index (χ1) is 8.63. The second kappa shape index (κ2) is 3.80. The monoisotopic (exact) mass is 244 g/mol. The van der Waals surface area contributed by atoms with E-state index in [4.69, 9.17) is 11.5 Å². The highest BCUT2D eigenvalue weighted by atomic mass is 16.1. The lowest BCUT2D eigenvalue weighted by atomic mass is 10.4. The number of nitrogen functional groups attached to an aromatic ring is 1. The van der Waals surface area contributed by atoms with E-state index in [9.17, 15) is 4.79 Å². The van der Waals surface area contributed by atoms with E-state index in [0.717, 1.165) is 18.7 Å². The Labute approximate surface area is 103 Å². The molecular weight excluding hydrogens is 232 g/mol. The van der Waals surface area contributed by atoms with E-state index in [1.54, 1.807) is 12.3 Å². The SMILES string of the molecule is NC(=O)c1ccn(-c2cc(N)nc(C3CC3)n2)n1. The lowest BCUT2D eigenvalue weighted by Crippen LogP contribution is -2.13. The molecule has 18 heavy (non-hydrogen) atoms. The van der Waals surface area contributed by atoms with Crippen molar-refractivity contribution in [2.45, 2.75) is 18.8 Å². The molecule has 1 saturated carbocycles. The molecule has 0 unspecified atom stereocenters. The van der Waals surface area contributed by atoms with Crippen LogP contribution in [0.3, 0.4) is 0 Å². The molecule has 0 aliphatic heterocycles. The van der Waals surface area contributed by atoms with Crippen LogP contribution < -0.4 is 11.5 Å². The van der Waals surface area contributed by atoms with E-state index in [2.05, 4.69) is 15.1 Å². The Morgan fingerprint density at radius 2 is 2.17 bits per heavy atom. The fourth-order valence-electron chi connectivity index (χ4n) is 1.70. The zero-order chi connectivity index (χ0) is 12.7. The number of nitrogens with two attached hydrogens (primary N) is 2. The minimum Gasteiger partial charge on any atom is -0.384 e. The number of hydrogen-bond acceptors (Lipinski definition) is 5. The predicted octanol–water partition coefficient (Wildman–Crippen LogP) is 0.221. The van der Waals surface area contributed by atoms with Gasteiger partial charge in [-0.05, 0) is 18.9 Å². The summed E-state index contributed by atoms with van der Waals surface area (Å²) < 4.78 is 1.48. The summed E-state index contributed by atoms with van der Waals surface area (Å²) in [5.74, 6) is 1.52. The second-order valence-electron chi connectivity index (χ2n) is 4.29. The largest absolute Gasteiger partial charge is 0.384 e. The van der Waals surface area contributed by atoms with Crippen molar-refractivity contribution in [3.8, 4) is 5.82 Å². The predicted molar refractivity (Wildman–Crippen MR) is 64.1 cm³/mol. The first-order valence-corrected chi connectivity index (χ1v) is 5.64. The Kier molecular flexibility index (Phi) is 2.26. The van der Waals surface area contributed by atoms with Gasteiger partial charge in [0, 0.05) is 18.2 Å². The van der Waals surface area contributed by atoms with Gasteiger partial charge < -0.3 is 11.5 Å². The van der Waals surface area contributed by atoms with Gasteiger partial charge in [-0.2, -0.15) is 5.10 Å². The molecule has 1 aliphatic rings. The van der Waals surface area contributed by atoms with Crippen LogP contribution in [0.1, 0.15) is 35.1 Å². The van der Waals surface area contributed by atoms with Gasteiger partial charge in [0.25, 0.3) is 5.91 Å². The van der Waals surface area contributed by atoms with Crippen LogP contribution in [0.25, 0.3) is 5.82 Å². The molecule has 0 aromatic carbocycles. The number of anilines is 1. The first kappa shape index (κ1) is 10.7. The molecule has 2 aromatic rings. The van der Waals surface area contributed by atoms with Crippen LogP contribution in [-0.4, -0.2) is 25.7 Å². The van der Waals surface area contributed by atoms with Crippen LogP contribution in [0, 0.1) is 0 Å². The van der Waals surface area contributed by atoms with E-state index >= 15 is 0 Å². The molecule has 7 heteroatoms. The summed E-state index contributed by atoms with van der Waals surface area (Å²) in [5.41, 5.74) is 11.1. The van der Waals surface area contributed by atoms with Crippen LogP contribution in [0.2, 0.25) is 0 Å². The number of nitrogens with zero attached hydrogens (tertiary/aromatic N) is 4. The number of carbonyl (C=O) groups excluding carboxylic acids is 1. The van der Waals surface area contributed by atoms with E-state index < -0.39 is 5.91 Å². The number of primary amides is 1. The molecule has 1 fully saturated rings. The lowest BCUT2D eigenvalue weighted by Gasteiger charge is -2.04. The van der Waals surface area contributed by atoms with Crippen molar-refractivity contribution in [1.29, 1.82) is 0 Å². The Balaban J connectivity index is 2.01. The number of hydrogen-bond donors (Lipinski definition) is 2. The summed E-state index contributed by atoms with van der Waals surface area (Å²) in [6.07, 6.45) is 3.81. The topological polar surface area (TPSA) is 113 Å². The standard InChI is InChI=1S/C11H12N6O/c12-8-5-9(15-11(14-8)6-1-2-6)17-4-3-7(16-17)10(13)18/h3-6H,1-2H2,(H2,13,18)(H2,12,14,15). The average molecular weight is 244 g/mol. The molecule has 0 radical (unpaired) electrons. The number of aromatic nitrogens is 4. The highest BCUT2D eigenvalue weighted by Crippen LogP contribution is 2.38. The molecule has 4 N–H and O–H groups in total. The van der Waals surface area contributed by atoms with Crippen molar-refractivity contribution in [2.75, 3.05) is 5.73 Å². The van der Waals surface area contributed by atoms with Gasteiger partial charge in [-0.3, -0.25) is 4.79 Å². The van der Waals surface area contributed by atoms with Crippen molar-refractivity contribution >= 4 is 11.7 Å². The Bertz CT molecular complexity index is 616. The van der Waals surface area contributed by atoms with Gasteiger partial charge >= 0.3 is 0 Å². The van der Waals surface area contributed by atoms with Crippen LogP contribution in [0.5, 0.6) is 0 Å². The summed E-state index contributed by atoms with van der Waals surface area (Å²) in [6.45, 7) is 0. The van der Waals surface area contributed by atoms with Crippen LogP contribution in [-0.2, 0) is 0 Å². The normalized spacial score (nSPS) is 14.7. The highest BCUT2D eigenvalue weighted by molar-refractivity contribution is 5.90. The van der Waals surface area contributed by atoms with Gasteiger partial charge in [0.05, 0.1) is 0 Å². The Hall–Kier alpha value is -2.44. The maximum absolute atomic E-state index is 11.0. The molecule has 0 saturated heterocycles. The van der Waals surface area contributed by atoms with E-state index in [1.807, 2.05) is 0 Å². The molecule has 1 aliphatic carbocycles. The molecule has 0 atom stereocenters. The molecule has 2 aromatic heterocycles. The average Bonchev–Trinajstić information content (AvgIpc) is 3.05. The Morgan fingerprint density at radius 3 is 2.78 bits per heavy atom. The van der Waals surface area contributed by atoms with Gasteiger partial charge in [-0.15, -0.1) is 0 Å². The highest BCUT2D eigenvalue weighted by Gasteiger charge is 2.27. The van der Waals surface area contributed by atoms with Crippen LogP contribution in [0.4, 0.5) is 5.82 Å². The van der Waals surface area contributed by atoms with Gasteiger partial charge in [0.1, 0.15) is 17.3 Å². The molecular formula is C11H12N6O. The molecule has 1 amide bonds.